The molecule has 0 saturated carbocycles. The van der Waals surface area contributed by atoms with E-state index in [4.69, 9.17) is 23.2 Å². The third-order valence-electron chi connectivity index (χ3n) is 3.45. The summed E-state index contributed by atoms with van der Waals surface area (Å²) in [5.74, 6) is 0. The average molecular weight is 387 g/mol. The van der Waals surface area contributed by atoms with E-state index in [0.717, 1.165) is 6.26 Å². The van der Waals surface area contributed by atoms with Crippen LogP contribution in [-0.2, 0) is 20.0 Å². The molecule has 1 aromatic carbocycles. The minimum atomic E-state index is -3.71. The molecule has 0 unspecified atom stereocenters. The summed E-state index contributed by atoms with van der Waals surface area (Å²) in [5, 5.41) is 0.443. The highest BCUT2D eigenvalue weighted by molar-refractivity contribution is 7.89. The Balaban J connectivity index is 2.06. The number of sulfonamides is 2. The van der Waals surface area contributed by atoms with Crippen molar-refractivity contribution in [3.63, 3.8) is 0 Å². The third kappa shape index (κ3) is 4.33. The Morgan fingerprint density at radius 1 is 1.09 bits per heavy atom. The number of nitrogens with zero attached hydrogens (tertiary/aromatic N) is 1. The van der Waals surface area contributed by atoms with Crippen LogP contribution in [0, 0.1) is 0 Å². The second-order valence-corrected chi connectivity index (χ2v) is 9.64. The van der Waals surface area contributed by atoms with Crippen molar-refractivity contribution in [3.05, 3.63) is 28.2 Å². The van der Waals surface area contributed by atoms with Crippen molar-refractivity contribution in [1.29, 1.82) is 0 Å². The van der Waals surface area contributed by atoms with E-state index >= 15 is 0 Å². The first-order valence-corrected chi connectivity index (χ1v) is 10.6. The van der Waals surface area contributed by atoms with Gasteiger partial charge in [-0.25, -0.2) is 25.9 Å². The van der Waals surface area contributed by atoms with Gasteiger partial charge >= 0.3 is 0 Å². The van der Waals surface area contributed by atoms with Gasteiger partial charge in [-0.05, 0) is 31.0 Å². The lowest BCUT2D eigenvalue weighted by molar-refractivity contribution is 0.310. The van der Waals surface area contributed by atoms with E-state index in [2.05, 4.69) is 4.72 Å². The highest BCUT2D eigenvalue weighted by Gasteiger charge is 2.28. The Morgan fingerprint density at radius 3 is 2.18 bits per heavy atom. The molecule has 0 atom stereocenters. The molecule has 2 rings (SSSR count). The lowest BCUT2D eigenvalue weighted by atomic mass is 10.1. The summed E-state index contributed by atoms with van der Waals surface area (Å²) in [6.45, 7) is 0.598. The molecule has 10 heteroatoms. The molecule has 1 N–H and O–H groups in total. The fourth-order valence-electron chi connectivity index (χ4n) is 2.24. The summed E-state index contributed by atoms with van der Waals surface area (Å²) >= 11 is 11.6. The summed E-state index contributed by atoms with van der Waals surface area (Å²) in [6, 6.07) is 3.78. The fourth-order valence-corrected chi connectivity index (χ4v) is 4.80. The van der Waals surface area contributed by atoms with Crippen molar-refractivity contribution < 1.29 is 16.8 Å². The minimum absolute atomic E-state index is 0.0347. The molecular weight excluding hydrogens is 371 g/mol. The first-order chi connectivity index (χ1) is 10.1. The maximum atomic E-state index is 12.3. The van der Waals surface area contributed by atoms with E-state index < -0.39 is 20.0 Å². The maximum Gasteiger partial charge on any atom is 0.240 e. The molecule has 0 aliphatic carbocycles. The van der Waals surface area contributed by atoms with Crippen LogP contribution in [0.5, 0.6) is 0 Å². The quantitative estimate of drug-likeness (QED) is 0.853. The fraction of sp³-hybridized carbons (Fsp3) is 0.500. The Hall–Kier alpha value is -0.380. The second-order valence-electron chi connectivity index (χ2n) is 5.13. The van der Waals surface area contributed by atoms with Gasteiger partial charge in [0.2, 0.25) is 20.0 Å². The maximum absolute atomic E-state index is 12.3. The van der Waals surface area contributed by atoms with Crippen LogP contribution in [-0.4, -0.2) is 46.5 Å². The highest BCUT2D eigenvalue weighted by atomic mass is 35.5. The van der Waals surface area contributed by atoms with Crippen molar-refractivity contribution in [2.24, 2.45) is 0 Å². The molecule has 0 radical (unpaired) electrons. The molecular formula is C12H16Cl2N2O4S2. The van der Waals surface area contributed by atoms with Gasteiger partial charge in [-0.15, -0.1) is 0 Å². The number of halogens is 2. The van der Waals surface area contributed by atoms with E-state index in [1.165, 1.54) is 22.5 Å². The molecule has 1 heterocycles. The Kier molecular flexibility index (Phi) is 5.41. The van der Waals surface area contributed by atoms with Gasteiger partial charge in [0.15, 0.2) is 0 Å². The van der Waals surface area contributed by atoms with Gasteiger partial charge in [0, 0.05) is 19.1 Å². The zero-order valence-electron chi connectivity index (χ0n) is 11.8. The highest BCUT2D eigenvalue weighted by Crippen LogP contribution is 2.25. The molecule has 0 aromatic heterocycles. The number of piperidine rings is 1. The largest absolute Gasteiger partial charge is 0.240 e. The Bertz CT molecular complexity index is 757. The Labute approximate surface area is 140 Å². The standard InChI is InChI=1S/C12H16Cl2N2O4S2/c1-21(17,18)16-6-4-9(5-7-16)15-22(19,20)10-2-3-11(13)12(14)8-10/h2-3,8-9,15H,4-7H2,1H3. The third-order valence-corrected chi connectivity index (χ3v) is 7.01. The SMILES string of the molecule is CS(=O)(=O)N1CCC(NS(=O)(=O)c2ccc(Cl)c(Cl)c2)CC1. The topological polar surface area (TPSA) is 83.6 Å². The molecule has 1 aromatic rings. The van der Waals surface area contributed by atoms with E-state index in [9.17, 15) is 16.8 Å². The first-order valence-electron chi connectivity index (χ1n) is 6.52. The average Bonchev–Trinajstić information content (AvgIpc) is 2.41. The zero-order valence-corrected chi connectivity index (χ0v) is 14.9. The summed E-state index contributed by atoms with van der Waals surface area (Å²) in [4.78, 5) is 0.0347. The van der Waals surface area contributed by atoms with Gasteiger partial charge in [-0.2, -0.15) is 0 Å². The molecule has 1 fully saturated rings. The van der Waals surface area contributed by atoms with Gasteiger partial charge in [0.25, 0.3) is 0 Å². The van der Waals surface area contributed by atoms with Gasteiger partial charge in [0.1, 0.15) is 0 Å². The van der Waals surface area contributed by atoms with Crippen molar-refractivity contribution in [3.8, 4) is 0 Å². The zero-order chi connectivity index (χ0) is 16.5. The summed E-state index contributed by atoms with van der Waals surface area (Å²) < 4.78 is 51.4. The monoisotopic (exact) mass is 386 g/mol. The van der Waals surface area contributed by atoms with Crippen LogP contribution in [0.2, 0.25) is 10.0 Å². The van der Waals surface area contributed by atoms with Crippen LogP contribution in [0.25, 0.3) is 0 Å². The van der Waals surface area contributed by atoms with Crippen molar-refractivity contribution >= 4 is 43.2 Å². The van der Waals surface area contributed by atoms with Crippen molar-refractivity contribution in [2.45, 2.75) is 23.8 Å². The number of rotatable bonds is 4. The first kappa shape index (κ1) is 18.0. The lowest BCUT2D eigenvalue weighted by Gasteiger charge is -2.30. The van der Waals surface area contributed by atoms with Gasteiger partial charge < -0.3 is 0 Å². The van der Waals surface area contributed by atoms with E-state index in [0.29, 0.717) is 25.9 Å². The molecule has 22 heavy (non-hydrogen) atoms. The van der Waals surface area contributed by atoms with Crippen LogP contribution >= 0.6 is 23.2 Å². The summed E-state index contributed by atoms with van der Waals surface area (Å²) in [6.07, 6.45) is 1.99. The number of nitrogens with one attached hydrogen (secondary N) is 1. The number of hydrogen-bond donors (Lipinski definition) is 1. The normalized spacial score (nSPS) is 18.5. The van der Waals surface area contributed by atoms with Gasteiger partial charge in [0.05, 0.1) is 21.2 Å². The molecule has 6 nitrogen and oxygen atoms in total. The minimum Gasteiger partial charge on any atom is -0.213 e. The van der Waals surface area contributed by atoms with Crippen LogP contribution in [0.3, 0.4) is 0 Å². The molecule has 1 aliphatic heterocycles. The van der Waals surface area contributed by atoms with Crippen LogP contribution in [0.4, 0.5) is 0 Å². The molecule has 1 saturated heterocycles. The van der Waals surface area contributed by atoms with E-state index in [-0.39, 0.29) is 21.0 Å². The van der Waals surface area contributed by atoms with Crippen LogP contribution in [0.1, 0.15) is 12.8 Å². The van der Waals surface area contributed by atoms with Crippen LogP contribution < -0.4 is 4.72 Å². The van der Waals surface area contributed by atoms with Gasteiger partial charge in [-0.3, -0.25) is 0 Å². The van der Waals surface area contributed by atoms with Gasteiger partial charge in [-0.1, -0.05) is 23.2 Å². The summed E-state index contributed by atoms with van der Waals surface area (Å²) in [7, 11) is -6.94. The molecule has 0 spiro atoms. The molecule has 1 aliphatic rings. The number of benzene rings is 1. The lowest BCUT2D eigenvalue weighted by Crippen LogP contribution is -2.46. The summed E-state index contributed by atoms with van der Waals surface area (Å²) in [5.41, 5.74) is 0. The van der Waals surface area contributed by atoms with E-state index in [1.807, 2.05) is 0 Å². The predicted molar refractivity (Wildman–Crippen MR) is 86.2 cm³/mol. The molecule has 0 amide bonds. The van der Waals surface area contributed by atoms with E-state index in [1.54, 1.807) is 0 Å². The van der Waals surface area contributed by atoms with Crippen molar-refractivity contribution in [2.75, 3.05) is 19.3 Å². The second kappa shape index (κ2) is 6.62. The number of hydrogen-bond acceptors (Lipinski definition) is 4. The van der Waals surface area contributed by atoms with Crippen LogP contribution in [0.15, 0.2) is 23.1 Å². The van der Waals surface area contributed by atoms with Crippen molar-refractivity contribution in [1.82, 2.24) is 9.03 Å². The molecule has 0 bridgehead atoms. The molecule has 124 valence electrons. The Morgan fingerprint density at radius 2 is 1.68 bits per heavy atom. The smallest absolute Gasteiger partial charge is 0.213 e. The predicted octanol–water partition coefficient (Wildman–Crippen LogP) is 1.70.